The van der Waals surface area contributed by atoms with E-state index in [1.165, 1.54) is 7.11 Å². The molecule has 24 heavy (non-hydrogen) atoms. The van der Waals surface area contributed by atoms with Crippen molar-refractivity contribution in [2.75, 3.05) is 13.7 Å². The summed E-state index contributed by atoms with van der Waals surface area (Å²) in [5.74, 6) is -0.191. The molecule has 1 fully saturated rings. The van der Waals surface area contributed by atoms with Gasteiger partial charge in [-0.05, 0) is 37.0 Å². The van der Waals surface area contributed by atoms with Crippen LogP contribution in [-0.4, -0.2) is 36.7 Å². The van der Waals surface area contributed by atoms with E-state index >= 15 is 0 Å². The SMILES string of the molecule is COc1cc(C(=O)N[C@@H]2CCC[C@@H]2C(=O)O)ccc1OCC(C)C. The normalized spacial score (nSPS) is 20.0. The number of carbonyl (C=O) groups excluding carboxylic acids is 1. The summed E-state index contributed by atoms with van der Waals surface area (Å²) in [6, 6.07) is 4.67. The van der Waals surface area contributed by atoms with E-state index in [-0.39, 0.29) is 11.9 Å². The van der Waals surface area contributed by atoms with Gasteiger partial charge in [0.05, 0.1) is 19.6 Å². The Morgan fingerprint density at radius 3 is 2.67 bits per heavy atom. The highest BCUT2D eigenvalue weighted by Crippen LogP contribution is 2.30. The number of carbonyl (C=O) groups is 2. The summed E-state index contributed by atoms with van der Waals surface area (Å²) in [5, 5.41) is 12.0. The molecule has 1 aliphatic carbocycles. The summed E-state index contributed by atoms with van der Waals surface area (Å²) in [6.45, 7) is 4.66. The van der Waals surface area contributed by atoms with Gasteiger partial charge in [0.1, 0.15) is 0 Å². The second-order valence-corrected chi connectivity index (χ2v) is 6.53. The van der Waals surface area contributed by atoms with Crippen LogP contribution in [0.1, 0.15) is 43.5 Å². The number of amides is 1. The molecule has 0 saturated heterocycles. The van der Waals surface area contributed by atoms with Crippen molar-refractivity contribution in [2.45, 2.75) is 39.2 Å². The smallest absolute Gasteiger partial charge is 0.308 e. The van der Waals surface area contributed by atoms with E-state index in [1.807, 2.05) is 0 Å². The third-order valence-electron chi connectivity index (χ3n) is 4.15. The number of aliphatic carboxylic acids is 1. The average Bonchev–Trinajstić information content (AvgIpc) is 3.00. The van der Waals surface area contributed by atoms with E-state index in [4.69, 9.17) is 9.47 Å². The minimum absolute atomic E-state index is 0.290. The molecule has 0 radical (unpaired) electrons. The Labute approximate surface area is 142 Å². The Balaban J connectivity index is 2.08. The first-order chi connectivity index (χ1) is 11.4. The predicted octanol–water partition coefficient (Wildman–Crippen LogP) is 2.71. The number of carboxylic acid groups (broad SMARTS) is 1. The van der Waals surface area contributed by atoms with Gasteiger partial charge in [-0.2, -0.15) is 0 Å². The third kappa shape index (κ3) is 4.40. The highest BCUT2D eigenvalue weighted by molar-refractivity contribution is 5.95. The molecule has 132 valence electrons. The van der Waals surface area contributed by atoms with Gasteiger partial charge in [-0.15, -0.1) is 0 Å². The zero-order valence-electron chi connectivity index (χ0n) is 14.4. The largest absolute Gasteiger partial charge is 0.493 e. The van der Waals surface area contributed by atoms with Gasteiger partial charge in [0.15, 0.2) is 11.5 Å². The fourth-order valence-electron chi connectivity index (χ4n) is 2.86. The van der Waals surface area contributed by atoms with Gasteiger partial charge >= 0.3 is 5.97 Å². The standard InChI is InChI=1S/C18H25NO5/c1-11(2)10-24-15-8-7-12(9-16(15)23-3)17(20)19-14-6-4-5-13(14)18(21)22/h7-9,11,13-14H,4-6,10H2,1-3H3,(H,19,20)(H,21,22)/t13-,14+/m0/s1. The van der Waals surface area contributed by atoms with Crippen LogP contribution in [0, 0.1) is 11.8 Å². The van der Waals surface area contributed by atoms with E-state index < -0.39 is 11.9 Å². The van der Waals surface area contributed by atoms with Crippen molar-refractivity contribution in [1.82, 2.24) is 5.32 Å². The number of nitrogens with one attached hydrogen (secondary N) is 1. The average molecular weight is 335 g/mol. The first-order valence-electron chi connectivity index (χ1n) is 8.27. The van der Waals surface area contributed by atoms with Crippen LogP contribution in [0.2, 0.25) is 0 Å². The molecule has 1 amide bonds. The van der Waals surface area contributed by atoms with Crippen LogP contribution in [0.15, 0.2) is 18.2 Å². The second kappa shape index (κ2) is 8.04. The molecule has 2 atom stereocenters. The lowest BCUT2D eigenvalue weighted by Crippen LogP contribution is -2.40. The van der Waals surface area contributed by atoms with Crippen LogP contribution in [0.3, 0.4) is 0 Å². The predicted molar refractivity (Wildman–Crippen MR) is 89.6 cm³/mol. The van der Waals surface area contributed by atoms with Gasteiger partial charge in [0, 0.05) is 11.6 Å². The molecule has 0 aromatic heterocycles. The minimum atomic E-state index is -0.854. The van der Waals surface area contributed by atoms with Crippen molar-refractivity contribution >= 4 is 11.9 Å². The Morgan fingerprint density at radius 2 is 2.04 bits per heavy atom. The molecule has 0 bridgehead atoms. The monoisotopic (exact) mass is 335 g/mol. The summed E-state index contributed by atoms with van der Waals surface area (Å²) >= 11 is 0. The minimum Gasteiger partial charge on any atom is -0.493 e. The van der Waals surface area contributed by atoms with E-state index in [0.29, 0.717) is 42.4 Å². The highest BCUT2D eigenvalue weighted by atomic mass is 16.5. The molecular weight excluding hydrogens is 310 g/mol. The molecule has 6 heteroatoms. The Kier molecular flexibility index (Phi) is 6.06. The molecule has 1 aromatic carbocycles. The van der Waals surface area contributed by atoms with Gasteiger partial charge in [-0.25, -0.2) is 0 Å². The number of carboxylic acids is 1. The van der Waals surface area contributed by atoms with Crippen LogP contribution in [0.5, 0.6) is 11.5 Å². The molecule has 1 aromatic rings. The van der Waals surface area contributed by atoms with Crippen LogP contribution in [0.25, 0.3) is 0 Å². The fraction of sp³-hybridized carbons (Fsp3) is 0.556. The van der Waals surface area contributed by atoms with Crippen LogP contribution in [0.4, 0.5) is 0 Å². The first-order valence-corrected chi connectivity index (χ1v) is 8.27. The molecular formula is C18H25NO5. The van der Waals surface area contributed by atoms with Crippen LogP contribution in [-0.2, 0) is 4.79 Å². The summed E-state index contributed by atoms with van der Waals surface area (Å²) in [4.78, 5) is 23.6. The summed E-state index contributed by atoms with van der Waals surface area (Å²) < 4.78 is 11.0. The second-order valence-electron chi connectivity index (χ2n) is 6.53. The summed E-state index contributed by atoms with van der Waals surface area (Å²) in [7, 11) is 1.52. The Bertz CT molecular complexity index is 599. The van der Waals surface area contributed by atoms with Gasteiger partial charge in [-0.3, -0.25) is 9.59 Å². The molecule has 1 aliphatic rings. The fourth-order valence-corrected chi connectivity index (χ4v) is 2.86. The number of hydrogen-bond donors (Lipinski definition) is 2. The molecule has 0 heterocycles. The Hall–Kier alpha value is -2.24. The third-order valence-corrected chi connectivity index (χ3v) is 4.15. The molecule has 2 N–H and O–H groups in total. The van der Waals surface area contributed by atoms with Crippen molar-refractivity contribution in [3.8, 4) is 11.5 Å². The van der Waals surface area contributed by atoms with Crippen molar-refractivity contribution in [1.29, 1.82) is 0 Å². The number of methoxy groups -OCH3 is 1. The van der Waals surface area contributed by atoms with Gasteiger partial charge in [-0.1, -0.05) is 20.3 Å². The van der Waals surface area contributed by atoms with Crippen molar-refractivity contribution in [3.63, 3.8) is 0 Å². The van der Waals surface area contributed by atoms with Crippen molar-refractivity contribution < 1.29 is 24.2 Å². The molecule has 0 aliphatic heterocycles. The van der Waals surface area contributed by atoms with E-state index in [1.54, 1.807) is 18.2 Å². The maximum Gasteiger partial charge on any atom is 0.308 e. The van der Waals surface area contributed by atoms with E-state index in [0.717, 1.165) is 6.42 Å². The lowest BCUT2D eigenvalue weighted by molar-refractivity contribution is -0.142. The molecule has 0 spiro atoms. The molecule has 6 nitrogen and oxygen atoms in total. The lowest BCUT2D eigenvalue weighted by Gasteiger charge is -2.18. The molecule has 1 saturated carbocycles. The quantitative estimate of drug-likeness (QED) is 0.800. The zero-order chi connectivity index (χ0) is 17.7. The highest BCUT2D eigenvalue weighted by Gasteiger charge is 2.34. The maximum absolute atomic E-state index is 12.4. The van der Waals surface area contributed by atoms with Gasteiger partial charge < -0.3 is 19.9 Å². The lowest BCUT2D eigenvalue weighted by atomic mass is 10.0. The topological polar surface area (TPSA) is 84.9 Å². The summed E-state index contributed by atoms with van der Waals surface area (Å²) in [6.07, 6.45) is 2.11. The van der Waals surface area contributed by atoms with Crippen molar-refractivity contribution in [2.24, 2.45) is 11.8 Å². The van der Waals surface area contributed by atoms with Gasteiger partial charge in [0.25, 0.3) is 5.91 Å². The number of hydrogen-bond acceptors (Lipinski definition) is 4. The van der Waals surface area contributed by atoms with E-state index in [9.17, 15) is 14.7 Å². The number of benzene rings is 1. The van der Waals surface area contributed by atoms with Crippen LogP contribution >= 0.6 is 0 Å². The first kappa shape index (κ1) is 18.1. The number of ether oxygens (including phenoxy) is 2. The van der Waals surface area contributed by atoms with Crippen molar-refractivity contribution in [3.05, 3.63) is 23.8 Å². The molecule has 0 unspecified atom stereocenters. The maximum atomic E-state index is 12.4. The van der Waals surface area contributed by atoms with E-state index in [2.05, 4.69) is 19.2 Å². The molecule has 2 rings (SSSR count). The Morgan fingerprint density at radius 1 is 1.29 bits per heavy atom. The van der Waals surface area contributed by atoms with Crippen LogP contribution < -0.4 is 14.8 Å². The number of rotatable bonds is 7. The zero-order valence-corrected chi connectivity index (χ0v) is 14.4. The van der Waals surface area contributed by atoms with Gasteiger partial charge in [0.2, 0.25) is 0 Å². The summed E-state index contributed by atoms with van der Waals surface area (Å²) in [5.41, 5.74) is 0.430.